The Morgan fingerprint density at radius 2 is 2.15 bits per heavy atom. The second kappa shape index (κ2) is 5.36. The third kappa shape index (κ3) is 2.14. The Balaban J connectivity index is 2.18. The van der Waals surface area contributed by atoms with Crippen molar-refractivity contribution >= 4 is 17.3 Å². The van der Waals surface area contributed by atoms with E-state index in [1.165, 1.54) is 4.88 Å². The van der Waals surface area contributed by atoms with Gasteiger partial charge >= 0.3 is 5.97 Å². The Bertz CT molecular complexity index is 663. The van der Waals surface area contributed by atoms with Gasteiger partial charge in [-0.05, 0) is 36.0 Å². The van der Waals surface area contributed by atoms with Crippen LogP contribution in [0.4, 0.5) is 0 Å². The third-order valence-electron chi connectivity index (χ3n) is 3.64. The largest absolute Gasteiger partial charge is 0.478 e. The molecule has 1 aromatic heterocycles. The fourth-order valence-corrected chi connectivity index (χ4v) is 4.22. The van der Waals surface area contributed by atoms with Gasteiger partial charge in [-0.2, -0.15) is 0 Å². The van der Waals surface area contributed by atoms with Crippen molar-refractivity contribution in [2.75, 3.05) is 0 Å². The van der Waals surface area contributed by atoms with Crippen molar-refractivity contribution in [3.8, 4) is 10.4 Å². The minimum Gasteiger partial charge on any atom is -0.478 e. The van der Waals surface area contributed by atoms with Crippen molar-refractivity contribution < 1.29 is 14.7 Å². The number of nitrogens with two attached hydrogens (primary N) is 1. The molecule has 3 rings (SSSR count). The Morgan fingerprint density at radius 1 is 1.35 bits per heavy atom. The molecule has 2 aromatic rings. The highest BCUT2D eigenvalue weighted by atomic mass is 32.1. The van der Waals surface area contributed by atoms with Crippen LogP contribution in [0.3, 0.4) is 0 Å². The fraction of sp³-hybridized carbons (Fsp3) is 0.267. The monoisotopic (exact) mass is 289 g/mol. The molecule has 0 atom stereocenters. The van der Waals surface area contributed by atoms with Gasteiger partial charge in [-0.25, -0.2) is 10.7 Å². The zero-order valence-electron chi connectivity index (χ0n) is 10.9. The van der Waals surface area contributed by atoms with E-state index < -0.39 is 5.97 Å². The molecule has 0 amide bonds. The van der Waals surface area contributed by atoms with Crippen LogP contribution in [-0.2, 0) is 24.3 Å². The highest BCUT2D eigenvalue weighted by Crippen LogP contribution is 2.42. The summed E-state index contributed by atoms with van der Waals surface area (Å²) in [6, 6.07) is 7.66. The quantitative estimate of drug-likeness (QED) is 0.849. The number of aryl methyl sites for hydroxylation is 1. The van der Waals surface area contributed by atoms with Crippen LogP contribution in [-0.4, -0.2) is 11.1 Å². The van der Waals surface area contributed by atoms with E-state index in [4.69, 9.17) is 10.7 Å². The molecule has 0 aliphatic heterocycles. The van der Waals surface area contributed by atoms with Crippen LogP contribution in [0.5, 0.6) is 0 Å². The normalized spacial score (nSPS) is 13.4. The number of fused-ring (bicyclic) bond motifs is 1. The molecule has 20 heavy (non-hydrogen) atoms. The number of benzene rings is 1. The Hall–Kier alpha value is -1.69. The van der Waals surface area contributed by atoms with Crippen LogP contribution >= 0.6 is 11.3 Å². The molecule has 1 aliphatic rings. The first-order chi connectivity index (χ1) is 9.72. The molecule has 4 nitrogen and oxygen atoms in total. The van der Waals surface area contributed by atoms with Crippen LogP contribution < -0.4 is 5.90 Å². The summed E-state index contributed by atoms with van der Waals surface area (Å²) >= 11 is 1.59. The molecule has 0 spiro atoms. The third-order valence-corrected chi connectivity index (χ3v) is 4.96. The first-order valence-corrected chi connectivity index (χ1v) is 7.31. The van der Waals surface area contributed by atoms with Gasteiger partial charge in [-0.1, -0.05) is 24.3 Å². The summed E-state index contributed by atoms with van der Waals surface area (Å²) in [5.74, 6) is 4.32. The molecular weight excluding hydrogens is 274 g/mol. The zero-order valence-corrected chi connectivity index (χ0v) is 11.7. The molecule has 0 saturated heterocycles. The van der Waals surface area contributed by atoms with E-state index in [0.29, 0.717) is 5.56 Å². The standard InChI is InChI=1S/C15H15NO3S/c16-19-8-9-4-1-2-5-10(9)14-13(15(17)18)11-6-3-7-12(11)20-14/h1-2,4-5H,3,6-8,16H2,(H,17,18). The van der Waals surface area contributed by atoms with Crippen molar-refractivity contribution in [2.45, 2.75) is 25.9 Å². The van der Waals surface area contributed by atoms with E-state index >= 15 is 0 Å². The Kier molecular flexibility index (Phi) is 3.56. The van der Waals surface area contributed by atoms with Crippen LogP contribution in [0.25, 0.3) is 10.4 Å². The molecule has 0 fully saturated rings. The molecular formula is C15H15NO3S. The second-order valence-electron chi connectivity index (χ2n) is 4.83. The van der Waals surface area contributed by atoms with Gasteiger partial charge in [-0.15, -0.1) is 11.3 Å². The summed E-state index contributed by atoms with van der Waals surface area (Å²) in [4.78, 5) is 18.4. The lowest BCUT2D eigenvalue weighted by molar-refractivity contribution is 0.0697. The molecule has 5 heteroatoms. The topological polar surface area (TPSA) is 72.5 Å². The maximum absolute atomic E-state index is 11.6. The van der Waals surface area contributed by atoms with Crippen molar-refractivity contribution in [3.63, 3.8) is 0 Å². The molecule has 3 N–H and O–H groups in total. The summed E-state index contributed by atoms with van der Waals surface area (Å²) in [7, 11) is 0. The van der Waals surface area contributed by atoms with Crippen molar-refractivity contribution in [3.05, 3.63) is 45.8 Å². The van der Waals surface area contributed by atoms with Crippen LogP contribution in [0.2, 0.25) is 0 Å². The van der Waals surface area contributed by atoms with Gasteiger partial charge in [0.1, 0.15) is 0 Å². The number of carbonyl (C=O) groups is 1. The van der Waals surface area contributed by atoms with Gasteiger partial charge in [0, 0.05) is 9.75 Å². The summed E-state index contributed by atoms with van der Waals surface area (Å²) in [5, 5.41) is 9.55. The number of carboxylic acids is 1. The molecule has 1 aromatic carbocycles. The predicted molar refractivity (Wildman–Crippen MR) is 77.7 cm³/mol. The molecule has 0 saturated carbocycles. The highest BCUT2D eigenvalue weighted by Gasteiger charge is 2.27. The summed E-state index contributed by atoms with van der Waals surface area (Å²) in [6.45, 7) is 0.276. The molecule has 0 bridgehead atoms. The SMILES string of the molecule is NOCc1ccccc1-c1sc2c(c1C(=O)O)CCC2. The Labute approximate surface area is 120 Å². The number of rotatable bonds is 4. The molecule has 0 unspecified atom stereocenters. The number of hydrogen-bond donors (Lipinski definition) is 2. The van der Waals surface area contributed by atoms with E-state index in [0.717, 1.165) is 40.8 Å². The fourth-order valence-electron chi connectivity index (χ4n) is 2.78. The van der Waals surface area contributed by atoms with Crippen molar-refractivity contribution in [1.29, 1.82) is 0 Å². The number of hydrogen-bond acceptors (Lipinski definition) is 4. The first kappa shape index (κ1) is 13.3. The second-order valence-corrected chi connectivity index (χ2v) is 5.94. The lowest BCUT2D eigenvalue weighted by Gasteiger charge is -2.08. The van der Waals surface area contributed by atoms with Gasteiger partial charge in [0.05, 0.1) is 12.2 Å². The van der Waals surface area contributed by atoms with Gasteiger partial charge in [-0.3, -0.25) is 4.84 Å². The highest BCUT2D eigenvalue weighted by molar-refractivity contribution is 7.16. The number of thiophene rings is 1. The van der Waals surface area contributed by atoms with E-state index in [-0.39, 0.29) is 6.61 Å². The number of aromatic carboxylic acids is 1. The lowest BCUT2D eigenvalue weighted by Crippen LogP contribution is -2.03. The smallest absolute Gasteiger partial charge is 0.337 e. The molecule has 0 radical (unpaired) electrons. The molecule has 1 heterocycles. The van der Waals surface area contributed by atoms with E-state index in [9.17, 15) is 9.90 Å². The molecule has 1 aliphatic carbocycles. The van der Waals surface area contributed by atoms with E-state index in [1.807, 2.05) is 24.3 Å². The lowest BCUT2D eigenvalue weighted by atomic mass is 10.0. The van der Waals surface area contributed by atoms with Gasteiger partial charge in [0.15, 0.2) is 0 Å². The average molecular weight is 289 g/mol. The van der Waals surface area contributed by atoms with Crippen LogP contribution in [0.1, 0.15) is 32.8 Å². The molecule has 104 valence electrons. The Morgan fingerprint density at radius 3 is 2.90 bits per heavy atom. The van der Waals surface area contributed by atoms with Gasteiger partial charge < -0.3 is 5.11 Å². The first-order valence-electron chi connectivity index (χ1n) is 6.50. The van der Waals surface area contributed by atoms with Gasteiger partial charge in [0.2, 0.25) is 0 Å². The van der Waals surface area contributed by atoms with Crippen molar-refractivity contribution in [2.24, 2.45) is 5.90 Å². The minimum atomic E-state index is -0.845. The maximum Gasteiger partial charge on any atom is 0.337 e. The van der Waals surface area contributed by atoms with Crippen LogP contribution in [0, 0.1) is 0 Å². The zero-order chi connectivity index (χ0) is 14.1. The van der Waals surface area contributed by atoms with Crippen molar-refractivity contribution in [1.82, 2.24) is 0 Å². The minimum absolute atomic E-state index is 0.276. The summed E-state index contributed by atoms with van der Waals surface area (Å²) in [6.07, 6.45) is 2.90. The number of carboxylic acid groups (broad SMARTS) is 1. The summed E-state index contributed by atoms with van der Waals surface area (Å²) < 4.78 is 0. The van der Waals surface area contributed by atoms with E-state index in [1.54, 1.807) is 11.3 Å². The predicted octanol–water partition coefficient (Wildman–Crippen LogP) is 2.99. The maximum atomic E-state index is 11.6. The van der Waals surface area contributed by atoms with E-state index in [2.05, 4.69) is 0 Å². The van der Waals surface area contributed by atoms with Crippen LogP contribution in [0.15, 0.2) is 24.3 Å². The average Bonchev–Trinajstić information content (AvgIpc) is 2.99. The summed E-state index contributed by atoms with van der Waals surface area (Å²) in [5.41, 5.74) is 3.31. The van der Waals surface area contributed by atoms with Gasteiger partial charge in [0.25, 0.3) is 0 Å².